The average Bonchev–Trinajstić information content (AvgIpc) is 3.13. The van der Waals surface area contributed by atoms with Gasteiger partial charge in [-0.2, -0.15) is 8.78 Å². The van der Waals surface area contributed by atoms with Crippen molar-refractivity contribution in [3.63, 3.8) is 0 Å². The van der Waals surface area contributed by atoms with E-state index in [1.54, 1.807) is 12.1 Å². The minimum Gasteiger partial charge on any atom is -0.435 e. The second kappa shape index (κ2) is 6.00. The first-order chi connectivity index (χ1) is 10.1. The highest BCUT2D eigenvalue weighted by molar-refractivity contribution is 5.95. The highest BCUT2D eigenvalue weighted by Crippen LogP contribution is 2.35. The lowest BCUT2D eigenvalue weighted by atomic mass is 10.1. The molecule has 0 heterocycles. The molecule has 0 unspecified atom stereocenters. The first-order valence-electron chi connectivity index (χ1n) is 7.52. The molecule has 1 amide bonds. The van der Waals surface area contributed by atoms with Gasteiger partial charge in [0, 0.05) is 17.6 Å². The summed E-state index contributed by atoms with van der Waals surface area (Å²) in [5.74, 6) is -0.0119. The fraction of sp³-hybridized carbons (Fsp3) is 0.562. The third-order valence-electron chi connectivity index (χ3n) is 4.20. The maximum absolute atomic E-state index is 12.7. The van der Waals surface area contributed by atoms with E-state index in [0.717, 1.165) is 38.5 Å². The predicted octanol–water partition coefficient (Wildman–Crippen LogP) is 3.84. The Morgan fingerprint density at radius 3 is 2.43 bits per heavy atom. The fourth-order valence-electron chi connectivity index (χ4n) is 3.12. The molecule has 21 heavy (non-hydrogen) atoms. The number of hydrogen-bond acceptors (Lipinski definition) is 2. The Morgan fingerprint density at radius 2 is 1.81 bits per heavy atom. The molecule has 0 aliphatic heterocycles. The zero-order chi connectivity index (χ0) is 14.8. The molecule has 2 aliphatic carbocycles. The van der Waals surface area contributed by atoms with Crippen molar-refractivity contribution in [2.24, 2.45) is 0 Å². The van der Waals surface area contributed by atoms with Crippen molar-refractivity contribution in [1.29, 1.82) is 0 Å². The van der Waals surface area contributed by atoms with E-state index in [-0.39, 0.29) is 11.7 Å². The molecular weight excluding hydrogens is 276 g/mol. The lowest BCUT2D eigenvalue weighted by Gasteiger charge is -2.29. The average molecular weight is 295 g/mol. The first kappa shape index (κ1) is 14.3. The number of hydrogen-bond donors (Lipinski definition) is 0. The third-order valence-corrected chi connectivity index (χ3v) is 4.20. The number of benzene rings is 1. The lowest BCUT2D eigenvalue weighted by molar-refractivity contribution is -0.0499. The summed E-state index contributed by atoms with van der Waals surface area (Å²) in [5.41, 5.74) is 0.437. The normalized spacial score (nSPS) is 19.0. The molecule has 0 radical (unpaired) electrons. The van der Waals surface area contributed by atoms with Crippen molar-refractivity contribution in [2.75, 3.05) is 0 Å². The van der Waals surface area contributed by atoms with E-state index in [9.17, 15) is 13.6 Å². The van der Waals surface area contributed by atoms with Crippen LogP contribution in [0.15, 0.2) is 24.3 Å². The lowest BCUT2D eigenvalue weighted by Crippen LogP contribution is -2.40. The van der Waals surface area contributed by atoms with Gasteiger partial charge in [0.05, 0.1) is 0 Å². The largest absolute Gasteiger partial charge is 0.435 e. The summed E-state index contributed by atoms with van der Waals surface area (Å²) in [6.45, 7) is -2.87. The topological polar surface area (TPSA) is 29.5 Å². The van der Waals surface area contributed by atoms with Gasteiger partial charge >= 0.3 is 6.61 Å². The third kappa shape index (κ3) is 3.34. The van der Waals surface area contributed by atoms with Gasteiger partial charge in [0.1, 0.15) is 5.75 Å². The van der Waals surface area contributed by atoms with Crippen LogP contribution in [0, 0.1) is 0 Å². The molecule has 0 bridgehead atoms. The molecule has 1 aromatic carbocycles. The van der Waals surface area contributed by atoms with Crippen molar-refractivity contribution < 1.29 is 18.3 Å². The van der Waals surface area contributed by atoms with Gasteiger partial charge in [0.15, 0.2) is 0 Å². The van der Waals surface area contributed by atoms with E-state index < -0.39 is 6.61 Å². The maximum Gasteiger partial charge on any atom is 0.387 e. The molecule has 3 nitrogen and oxygen atoms in total. The first-order valence-corrected chi connectivity index (χ1v) is 7.52. The second-order valence-corrected chi connectivity index (χ2v) is 5.79. The quantitative estimate of drug-likeness (QED) is 0.826. The molecule has 1 aromatic rings. The van der Waals surface area contributed by atoms with Crippen molar-refractivity contribution in [3.05, 3.63) is 29.8 Å². The molecule has 2 saturated carbocycles. The maximum atomic E-state index is 12.7. The number of alkyl halides is 2. The van der Waals surface area contributed by atoms with Gasteiger partial charge in [-0.1, -0.05) is 18.9 Å². The number of nitrogens with zero attached hydrogens (tertiary/aromatic N) is 1. The van der Waals surface area contributed by atoms with Crippen LogP contribution in [-0.4, -0.2) is 29.5 Å². The Hall–Kier alpha value is -1.65. The van der Waals surface area contributed by atoms with Crippen LogP contribution >= 0.6 is 0 Å². The monoisotopic (exact) mass is 295 g/mol. The summed E-state index contributed by atoms with van der Waals surface area (Å²) in [7, 11) is 0. The molecule has 2 fully saturated rings. The zero-order valence-corrected chi connectivity index (χ0v) is 11.8. The van der Waals surface area contributed by atoms with Crippen LogP contribution < -0.4 is 4.74 Å². The smallest absolute Gasteiger partial charge is 0.387 e. The van der Waals surface area contributed by atoms with Gasteiger partial charge in [-0.15, -0.1) is 0 Å². The molecule has 0 spiro atoms. The second-order valence-electron chi connectivity index (χ2n) is 5.79. The van der Waals surface area contributed by atoms with Gasteiger partial charge in [-0.05, 0) is 43.9 Å². The van der Waals surface area contributed by atoms with Gasteiger partial charge in [-0.25, -0.2) is 0 Å². The number of carbonyl (C=O) groups excluding carboxylic acids is 1. The van der Waals surface area contributed by atoms with Crippen LogP contribution in [0.3, 0.4) is 0 Å². The van der Waals surface area contributed by atoms with E-state index in [2.05, 4.69) is 4.74 Å². The van der Waals surface area contributed by atoms with Crippen LogP contribution in [0.25, 0.3) is 0 Å². The van der Waals surface area contributed by atoms with E-state index in [4.69, 9.17) is 0 Å². The molecule has 0 saturated heterocycles. The standard InChI is InChI=1S/C16H19F2NO2/c17-16(18)21-14-7-3-4-11(10-14)15(20)19(13-8-9-13)12-5-1-2-6-12/h3-4,7,10,12-13,16H,1-2,5-6,8-9H2. The Morgan fingerprint density at radius 1 is 1.14 bits per heavy atom. The number of carbonyl (C=O) groups is 1. The van der Waals surface area contributed by atoms with Crippen LogP contribution in [-0.2, 0) is 0 Å². The van der Waals surface area contributed by atoms with Crippen molar-refractivity contribution >= 4 is 5.91 Å². The van der Waals surface area contributed by atoms with Crippen LogP contribution in [0.1, 0.15) is 48.9 Å². The molecule has 0 aromatic heterocycles. The number of halogens is 2. The zero-order valence-electron chi connectivity index (χ0n) is 11.8. The van der Waals surface area contributed by atoms with E-state index in [1.807, 2.05) is 4.90 Å². The molecule has 3 rings (SSSR count). The van der Waals surface area contributed by atoms with E-state index in [1.165, 1.54) is 12.1 Å². The summed E-state index contributed by atoms with van der Waals surface area (Å²) in [6.07, 6.45) is 6.53. The molecular formula is C16H19F2NO2. The number of ether oxygens (including phenoxy) is 1. The van der Waals surface area contributed by atoms with Gasteiger partial charge in [0.2, 0.25) is 0 Å². The van der Waals surface area contributed by atoms with Crippen LogP contribution in [0.4, 0.5) is 8.78 Å². The van der Waals surface area contributed by atoms with Gasteiger partial charge in [0.25, 0.3) is 5.91 Å². The van der Waals surface area contributed by atoms with Crippen LogP contribution in [0.2, 0.25) is 0 Å². The minimum absolute atomic E-state index is 0.0398. The fourth-order valence-corrected chi connectivity index (χ4v) is 3.12. The SMILES string of the molecule is O=C(c1cccc(OC(F)F)c1)N(C1CCCC1)C1CC1. The summed E-state index contributed by atoms with van der Waals surface area (Å²) >= 11 is 0. The molecule has 0 atom stereocenters. The molecule has 114 valence electrons. The Labute approximate surface area is 122 Å². The molecule has 0 N–H and O–H groups in total. The van der Waals surface area contributed by atoms with Crippen molar-refractivity contribution in [3.8, 4) is 5.75 Å². The van der Waals surface area contributed by atoms with E-state index >= 15 is 0 Å². The number of rotatable bonds is 5. The highest BCUT2D eigenvalue weighted by Gasteiger charge is 2.38. The van der Waals surface area contributed by atoms with Gasteiger partial charge < -0.3 is 9.64 Å². The summed E-state index contributed by atoms with van der Waals surface area (Å²) in [5, 5.41) is 0. The minimum atomic E-state index is -2.87. The van der Waals surface area contributed by atoms with Crippen molar-refractivity contribution in [1.82, 2.24) is 4.90 Å². The number of amides is 1. The summed E-state index contributed by atoms with van der Waals surface area (Å²) in [6, 6.07) is 6.76. The van der Waals surface area contributed by atoms with E-state index in [0.29, 0.717) is 17.6 Å². The Kier molecular flexibility index (Phi) is 4.08. The Bertz CT molecular complexity index is 511. The highest BCUT2D eigenvalue weighted by atomic mass is 19.3. The molecule has 2 aliphatic rings. The molecule has 5 heteroatoms. The summed E-state index contributed by atoms with van der Waals surface area (Å²) < 4.78 is 28.9. The predicted molar refractivity (Wildman–Crippen MR) is 74.5 cm³/mol. The summed E-state index contributed by atoms with van der Waals surface area (Å²) in [4.78, 5) is 14.7. The van der Waals surface area contributed by atoms with Crippen LogP contribution in [0.5, 0.6) is 5.75 Å². The van der Waals surface area contributed by atoms with Crippen molar-refractivity contribution in [2.45, 2.75) is 57.2 Å². The van der Waals surface area contributed by atoms with Gasteiger partial charge in [-0.3, -0.25) is 4.79 Å². The Balaban J connectivity index is 1.79.